The van der Waals surface area contributed by atoms with Crippen molar-refractivity contribution in [3.8, 4) is 0 Å². The first kappa shape index (κ1) is 10.1. The predicted octanol–water partition coefficient (Wildman–Crippen LogP) is -0.423. The number of aliphatic hydroxyl groups is 1. The first-order chi connectivity index (χ1) is 7.11. The number of aliphatic hydroxyl groups excluding tert-OH is 1. The van der Waals surface area contributed by atoms with Gasteiger partial charge in [-0.3, -0.25) is 9.89 Å². The Balaban J connectivity index is 2.30. The second-order valence-electron chi connectivity index (χ2n) is 3.79. The molecule has 0 unspecified atom stereocenters. The van der Waals surface area contributed by atoms with Gasteiger partial charge in [-0.1, -0.05) is 6.92 Å². The smallest absolute Gasteiger partial charge is 0.267 e. The number of nitrogens with zero attached hydrogens (tertiary/aromatic N) is 1. The number of aromatic nitrogens is 2. The van der Waals surface area contributed by atoms with Crippen molar-refractivity contribution in [2.45, 2.75) is 19.1 Å². The van der Waals surface area contributed by atoms with Crippen molar-refractivity contribution in [3.63, 3.8) is 0 Å². The molecule has 1 amide bonds. The molecule has 0 aromatic carbocycles. The second kappa shape index (κ2) is 3.63. The van der Waals surface area contributed by atoms with Crippen LogP contribution in [-0.2, 0) is 4.74 Å². The molecule has 1 aromatic heterocycles. The van der Waals surface area contributed by atoms with Gasteiger partial charge in [-0.15, -0.1) is 0 Å². The maximum atomic E-state index is 11.0. The molecule has 1 aliphatic rings. The number of nitrogens with one attached hydrogen (secondary N) is 1. The van der Waals surface area contributed by atoms with Gasteiger partial charge in [-0.25, -0.2) is 0 Å². The van der Waals surface area contributed by atoms with Crippen molar-refractivity contribution in [2.24, 2.45) is 11.7 Å². The summed E-state index contributed by atoms with van der Waals surface area (Å²) in [5.74, 6) is -0.552. The topological polar surface area (TPSA) is 101 Å². The summed E-state index contributed by atoms with van der Waals surface area (Å²) in [6.07, 6.45) is 0.327. The zero-order valence-corrected chi connectivity index (χ0v) is 8.30. The van der Waals surface area contributed by atoms with E-state index in [0.29, 0.717) is 12.2 Å². The van der Waals surface area contributed by atoms with Gasteiger partial charge in [0, 0.05) is 11.5 Å². The number of carbonyl (C=O) groups excluding carboxylic acids is 1. The maximum absolute atomic E-state index is 11.0. The Morgan fingerprint density at radius 3 is 3.07 bits per heavy atom. The van der Waals surface area contributed by atoms with Crippen molar-refractivity contribution in [3.05, 3.63) is 17.5 Å². The fourth-order valence-corrected chi connectivity index (χ4v) is 1.73. The van der Waals surface area contributed by atoms with Gasteiger partial charge in [0.15, 0.2) is 0 Å². The number of H-pyrrole nitrogens is 1. The lowest BCUT2D eigenvalue weighted by atomic mass is 9.99. The van der Waals surface area contributed by atoms with Gasteiger partial charge in [0.25, 0.3) is 5.91 Å². The number of rotatable bonds is 2. The van der Waals surface area contributed by atoms with Crippen molar-refractivity contribution < 1.29 is 14.6 Å². The summed E-state index contributed by atoms with van der Waals surface area (Å²) in [4.78, 5) is 11.0. The molecule has 0 aliphatic carbocycles. The SMILES string of the molecule is C[C@@H]1CO[C@H](c2cn[nH]c2C(N)=O)[C@@H]1O. The summed E-state index contributed by atoms with van der Waals surface area (Å²) in [6.45, 7) is 2.35. The van der Waals surface area contributed by atoms with Crippen LogP contribution in [-0.4, -0.2) is 33.9 Å². The molecule has 1 aromatic rings. The van der Waals surface area contributed by atoms with E-state index >= 15 is 0 Å². The fraction of sp³-hybridized carbons (Fsp3) is 0.556. The van der Waals surface area contributed by atoms with Crippen LogP contribution in [0.4, 0.5) is 0 Å². The summed E-state index contributed by atoms with van der Waals surface area (Å²) in [5, 5.41) is 16.0. The molecule has 0 bridgehead atoms. The Morgan fingerprint density at radius 2 is 2.53 bits per heavy atom. The highest BCUT2D eigenvalue weighted by molar-refractivity contribution is 5.92. The Hall–Kier alpha value is -1.40. The molecule has 0 spiro atoms. The Labute approximate surface area is 86.4 Å². The maximum Gasteiger partial charge on any atom is 0.267 e. The van der Waals surface area contributed by atoms with E-state index in [2.05, 4.69) is 10.2 Å². The quantitative estimate of drug-likeness (QED) is 0.618. The minimum atomic E-state index is -0.624. The highest BCUT2D eigenvalue weighted by atomic mass is 16.5. The van der Waals surface area contributed by atoms with Crippen LogP contribution in [0.2, 0.25) is 0 Å². The number of nitrogens with two attached hydrogens (primary N) is 1. The molecule has 4 N–H and O–H groups in total. The molecular weight excluding hydrogens is 198 g/mol. The molecule has 0 radical (unpaired) electrons. The number of carbonyl (C=O) groups is 1. The Morgan fingerprint density at radius 1 is 1.80 bits per heavy atom. The third kappa shape index (κ3) is 1.62. The van der Waals surface area contributed by atoms with E-state index in [1.165, 1.54) is 6.20 Å². The van der Waals surface area contributed by atoms with Crippen LogP contribution in [0.3, 0.4) is 0 Å². The molecule has 2 rings (SSSR count). The molecule has 2 heterocycles. The fourth-order valence-electron chi connectivity index (χ4n) is 1.73. The minimum Gasteiger partial charge on any atom is -0.390 e. The highest BCUT2D eigenvalue weighted by Crippen LogP contribution is 2.33. The van der Waals surface area contributed by atoms with E-state index < -0.39 is 18.1 Å². The standard InChI is InChI=1S/C9H13N3O3/c1-4-3-15-8(7(4)13)5-2-11-12-6(5)9(10)14/h2,4,7-8,13H,3H2,1H3,(H2,10,14)(H,11,12)/t4-,7-,8-/m1/s1. The normalized spacial score (nSPS) is 30.7. The number of hydrogen-bond donors (Lipinski definition) is 3. The zero-order valence-electron chi connectivity index (χ0n) is 8.30. The van der Waals surface area contributed by atoms with Crippen LogP contribution in [0.15, 0.2) is 6.20 Å². The number of ether oxygens (including phenoxy) is 1. The Kier molecular flexibility index (Phi) is 2.45. The predicted molar refractivity (Wildman–Crippen MR) is 51.0 cm³/mol. The van der Waals surface area contributed by atoms with E-state index in [0.717, 1.165) is 0 Å². The number of hydrogen-bond acceptors (Lipinski definition) is 4. The highest BCUT2D eigenvalue weighted by Gasteiger charge is 2.36. The van der Waals surface area contributed by atoms with Crippen LogP contribution in [0.5, 0.6) is 0 Å². The van der Waals surface area contributed by atoms with Gasteiger partial charge in [0.1, 0.15) is 11.8 Å². The molecular formula is C9H13N3O3. The molecule has 82 valence electrons. The van der Waals surface area contributed by atoms with Gasteiger partial charge in [-0.05, 0) is 0 Å². The van der Waals surface area contributed by atoms with E-state index in [4.69, 9.17) is 10.5 Å². The van der Waals surface area contributed by atoms with Gasteiger partial charge in [-0.2, -0.15) is 5.10 Å². The zero-order chi connectivity index (χ0) is 11.0. The molecule has 1 aliphatic heterocycles. The van der Waals surface area contributed by atoms with Gasteiger partial charge in [0.2, 0.25) is 0 Å². The lowest BCUT2D eigenvalue weighted by Crippen LogP contribution is -2.21. The van der Waals surface area contributed by atoms with Gasteiger partial charge >= 0.3 is 0 Å². The summed E-state index contributed by atoms with van der Waals surface area (Å²) >= 11 is 0. The van der Waals surface area contributed by atoms with Crippen LogP contribution < -0.4 is 5.73 Å². The summed E-state index contributed by atoms with van der Waals surface area (Å²) in [6, 6.07) is 0. The van der Waals surface area contributed by atoms with E-state index in [1.807, 2.05) is 6.92 Å². The molecule has 3 atom stereocenters. The molecule has 1 fully saturated rings. The minimum absolute atomic E-state index is 0.0469. The third-order valence-corrected chi connectivity index (χ3v) is 2.65. The lowest BCUT2D eigenvalue weighted by molar-refractivity contribution is 0.0382. The van der Waals surface area contributed by atoms with Crippen molar-refractivity contribution in [2.75, 3.05) is 6.61 Å². The molecule has 0 saturated carbocycles. The second-order valence-corrected chi connectivity index (χ2v) is 3.79. The molecule has 6 heteroatoms. The number of aromatic amines is 1. The van der Waals surface area contributed by atoms with Crippen molar-refractivity contribution >= 4 is 5.91 Å². The Bertz CT molecular complexity index is 376. The van der Waals surface area contributed by atoms with Crippen LogP contribution in [0.1, 0.15) is 29.1 Å². The summed E-state index contributed by atoms with van der Waals surface area (Å²) < 4.78 is 5.39. The molecule has 15 heavy (non-hydrogen) atoms. The first-order valence-electron chi connectivity index (χ1n) is 4.74. The number of amides is 1. The van der Waals surface area contributed by atoms with Crippen molar-refractivity contribution in [1.29, 1.82) is 0 Å². The van der Waals surface area contributed by atoms with Gasteiger partial charge in [0.05, 0.1) is 18.9 Å². The number of primary amides is 1. The van der Waals surface area contributed by atoms with Crippen molar-refractivity contribution in [1.82, 2.24) is 10.2 Å². The average Bonchev–Trinajstić information content (AvgIpc) is 2.75. The van der Waals surface area contributed by atoms with Crippen LogP contribution in [0.25, 0.3) is 0 Å². The third-order valence-electron chi connectivity index (χ3n) is 2.65. The van der Waals surface area contributed by atoms with E-state index in [9.17, 15) is 9.90 Å². The van der Waals surface area contributed by atoms with Crippen LogP contribution in [0, 0.1) is 5.92 Å². The summed E-state index contributed by atoms with van der Waals surface area (Å²) in [7, 11) is 0. The molecule has 1 saturated heterocycles. The first-order valence-corrected chi connectivity index (χ1v) is 4.74. The summed E-state index contributed by atoms with van der Waals surface area (Å²) in [5.41, 5.74) is 5.89. The monoisotopic (exact) mass is 211 g/mol. The lowest BCUT2D eigenvalue weighted by Gasteiger charge is -2.14. The average molecular weight is 211 g/mol. The van der Waals surface area contributed by atoms with Gasteiger partial charge < -0.3 is 15.6 Å². The van der Waals surface area contributed by atoms with E-state index in [1.54, 1.807) is 0 Å². The van der Waals surface area contributed by atoms with E-state index in [-0.39, 0.29) is 11.6 Å². The largest absolute Gasteiger partial charge is 0.390 e. The molecule has 6 nitrogen and oxygen atoms in total. The van der Waals surface area contributed by atoms with Crippen LogP contribution >= 0.6 is 0 Å².